The third-order valence-corrected chi connectivity index (χ3v) is 2.72. The first-order valence-corrected chi connectivity index (χ1v) is 6.18. The minimum Gasteiger partial charge on any atom is -0.384 e. The molecular weight excluding hydrogens is 252 g/mol. The molecule has 0 bridgehead atoms. The second-order valence-electron chi connectivity index (χ2n) is 3.37. The third kappa shape index (κ3) is 3.32. The highest BCUT2D eigenvalue weighted by atomic mass is 32.2. The van der Waals surface area contributed by atoms with Crippen LogP contribution in [0.15, 0.2) is 36.4 Å². The molecule has 18 heavy (non-hydrogen) atoms. The number of hydrogen-bond acceptors (Lipinski definition) is 5. The van der Waals surface area contributed by atoms with E-state index in [2.05, 4.69) is 19.4 Å². The van der Waals surface area contributed by atoms with Crippen molar-refractivity contribution in [1.29, 1.82) is 0 Å². The van der Waals surface area contributed by atoms with Gasteiger partial charge in [-0.2, -0.15) is 0 Å². The first-order chi connectivity index (χ1) is 8.63. The fourth-order valence-electron chi connectivity index (χ4n) is 1.23. The molecule has 2 rings (SSSR count). The van der Waals surface area contributed by atoms with Crippen LogP contribution < -0.4 is 20.9 Å². The lowest BCUT2D eigenvalue weighted by molar-refractivity contribution is 0.689. The lowest BCUT2D eigenvalue weighted by Crippen LogP contribution is -2.15. The summed E-state index contributed by atoms with van der Waals surface area (Å²) in [5.41, 5.74) is 11.0. The molecule has 0 atom stereocenters. The van der Waals surface area contributed by atoms with Crippen molar-refractivity contribution in [3.63, 3.8) is 0 Å². The van der Waals surface area contributed by atoms with Crippen LogP contribution in [0.1, 0.15) is 0 Å². The minimum absolute atomic E-state index is 0.346. The number of aromatic nitrogens is 2. The van der Waals surface area contributed by atoms with Crippen LogP contribution in [0.2, 0.25) is 0 Å². The molecule has 0 unspecified atom stereocenters. The smallest absolute Gasteiger partial charge is 0.222 e. The van der Waals surface area contributed by atoms with Crippen molar-refractivity contribution in [2.24, 2.45) is 0 Å². The van der Waals surface area contributed by atoms with Crippen LogP contribution in [0.4, 0.5) is 23.3 Å². The SMILES string of the molecule is Nc1cccc(NS(=O)Nc2cccc(N)n2)n1. The fourth-order valence-corrected chi connectivity index (χ4v) is 1.89. The van der Waals surface area contributed by atoms with Crippen molar-refractivity contribution in [2.75, 3.05) is 20.9 Å². The second-order valence-corrected chi connectivity index (χ2v) is 4.31. The molecule has 0 spiro atoms. The van der Waals surface area contributed by atoms with Gasteiger partial charge in [-0.15, -0.1) is 0 Å². The van der Waals surface area contributed by atoms with Crippen molar-refractivity contribution in [2.45, 2.75) is 0 Å². The number of anilines is 4. The summed E-state index contributed by atoms with van der Waals surface area (Å²) in [7, 11) is 0. The minimum atomic E-state index is -1.57. The van der Waals surface area contributed by atoms with E-state index in [1.807, 2.05) is 0 Å². The number of nitrogens with one attached hydrogen (secondary N) is 2. The lowest BCUT2D eigenvalue weighted by atomic mass is 10.4. The molecular formula is C10H12N6OS. The summed E-state index contributed by atoms with van der Waals surface area (Å²) in [4.78, 5) is 7.92. The van der Waals surface area contributed by atoms with Gasteiger partial charge in [-0.1, -0.05) is 12.1 Å². The van der Waals surface area contributed by atoms with Gasteiger partial charge < -0.3 is 11.5 Å². The Kier molecular flexibility index (Phi) is 3.58. The number of pyridine rings is 2. The van der Waals surface area contributed by atoms with E-state index < -0.39 is 11.2 Å². The summed E-state index contributed by atoms with van der Waals surface area (Å²) >= 11 is -1.57. The molecule has 0 aliphatic rings. The van der Waals surface area contributed by atoms with E-state index in [0.29, 0.717) is 23.3 Å². The van der Waals surface area contributed by atoms with E-state index in [9.17, 15) is 4.21 Å². The van der Waals surface area contributed by atoms with Crippen LogP contribution in [0.3, 0.4) is 0 Å². The second kappa shape index (κ2) is 5.32. The predicted molar refractivity (Wildman–Crippen MR) is 72.7 cm³/mol. The Morgan fingerprint density at radius 2 is 1.33 bits per heavy atom. The average Bonchev–Trinajstić information content (AvgIpc) is 2.28. The van der Waals surface area contributed by atoms with Crippen LogP contribution in [0, 0.1) is 0 Å². The number of nitrogens with two attached hydrogens (primary N) is 2. The molecule has 2 aromatic heterocycles. The Bertz CT molecular complexity index is 526. The zero-order chi connectivity index (χ0) is 13.0. The van der Waals surface area contributed by atoms with Crippen LogP contribution in [0.5, 0.6) is 0 Å². The van der Waals surface area contributed by atoms with E-state index in [-0.39, 0.29) is 0 Å². The number of nitrogens with zero attached hydrogens (tertiary/aromatic N) is 2. The zero-order valence-electron chi connectivity index (χ0n) is 9.33. The molecule has 0 amide bonds. The van der Waals surface area contributed by atoms with Gasteiger partial charge in [-0.3, -0.25) is 9.44 Å². The van der Waals surface area contributed by atoms with Crippen molar-refractivity contribution >= 4 is 34.4 Å². The summed E-state index contributed by atoms with van der Waals surface area (Å²) in [6.45, 7) is 0. The van der Waals surface area contributed by atoms with Crippen LogP contribution in [-0.4, -0.2) is 14.2 Å². The van der Waals surface area contributed by atoms with E-state index in [4.69, 9.17) is 11.5 Å². The van der Waals surface area contributed by atoms with Gasteiger partial charge in [0.15, 0.2) is 0 Å². The maximum absolute atomic E-state index is 11.7. The van der Waals surface area contributed by atoms with Crippen molar-refractivity contribution in [3.8, 4) is 0 Å². The summed E-state index contributed by atoms with van der Waals surface area (Å²) in [6.07, 6.45) is 0. The molecule has 0 aliphatic carbocycles. The maximum atomic E-state index is 11.7. The van der Waals surface area contributed by atoms with Crippen molar-refractivity contribution in [1.82, 2.24) is 9.97 Å². The maximum Gasteiger partial charge on any atom is 0.222 e. The standard InChI is InChI=1S/C10H12N6OS/c11-7-3-1-5-9(13-7)15-18(17)16-10-6-2-4-8(12)14-10/h1-6H,(H3,11,13,15)(H3,12,14,16). The Labute approximate surface area is 106 Å². The highest BCUT2D eigenvalue weighted by Gasteiger charge is 2.03. The molecule has 0 aromatic carbocycles. The predicted octanol–water partition coefficient (Wildman–Crippen LogP) is 0.744. The van der Waals surface area contributed by atoms with Crippen molar-refractivity contribution in [3.05, 3.63) is 36.4 Å². The van der Waals surface area contributed by atoms with Crippen LogP contribution in [-0.2, 0) is 11.2 Å². The average molecular weight is 264 g/mol. The summed E-state index contributed by atoms with van der Waals surface area (Å²) in [5.74, 6) is 1.51. The largest absolute Gasteiger partial charge is 0.384 e. The van der Waals surface area contributed by atoms with Gasteiger partial charge in [-0.05, 0) is 24.3 Å². The van der Waals surface area contributed by atoms with E-state index >= 15 is 0 Å². The Morgan fingerprint density at radius 1 is 0.889 bits per heavy atom. The summed E-state index contributed by atoms with van der Waals surface area (Å²) in [5, 5.41) is 0. The lowest BCUT2D eigenvalue weighted by Gasteiger charge is -2.07. The molecule has 8 heteroatoms. The summed E-state index contributed by atoms with van der Waals surface area (Å²) in [6, 6.07) is 10.0. The molecule has 0 radical (unpaired) electrons. The van der Waals surface area contributed by atoms with Gasteiger partial charge in [0.2, 0.25) is 11.2 Å². The summed E-state index contributed by atoms with van der Waals surface area (Å²) < 4.78 is 17.0. The van der Waals surface area contributed by atoms with Crippen molar-refractivity contribution < 1.29 is 4.21 Å². The van der Waals surface area contributed by atoms with Gasteiger partial charge in [-0.25, -0.2) is 14.2 Å². The molecule has 2 aromatic rings. The highest BCUT2D eigenvalue weighted by Crippen LogP contribution is 2.09. The van der Waals surface area contributed by atoms with Gasteiger partial charge in [0.05, 0.1) is 0 Å². The third-order valence-electron chi connectivity index (χ3n) is 1.94. The monoisotopic (exact) mass is 264 g/mol. The first kappa shape index (κ1) is 12.1. The van der Waals surface area contributed by atoms with E-state index in [1.54, 1.807) is 36.4 Å². The normalized spacial score (nSPS) is 10.3. The molecule has 6 N–H and O–H groups in total. The molecule has 2 heterocycles. The fraction of sp³-hybridized carbons (Fsp3) is 0. The first-order valence-electron chi connectivity index (χ1n) is 5.03. The number of rotatable bonds is 4. The number of hydrogen-bond donors (Lipinski definition) is 4. The zero-order valence-corrected chi connectivity index (χ0v) is 10.1. The topological polar surface area (TPSA) is 119 Å². The highest BCUT2D eigenvalue weighted by molar-refractivity contribution is 7.87. The quantitative estimate of drug-likeness (QED) is 0.649. The van der Waals surface area contributed by atoms with E-state index in [1.165, 1.54) is 0 Å². The molecule has 94 valence electrons. The van der Waals surface area contributed by atoms with Gasteiger partial charge >= 0.3 is 0 Å². The molecule has 0 aliphatic heterocycles. The molecule has 0 saturated heterocycles. The Balaban J connectivity index is 2.01. The number of nitrogen functional groups attached to an aromatic ring is 2. The molecule has 0 fully saturated rings. The van der Waals surface area contributed by atoms with Crippen LogP contribution >= 0.6 is 0 Å². The Hall–Kier alpha value is -2.35. The van der Waals surface area contributed by atoms with E-state index in [0.717, 1.165) is 0 Å². The molecule has 0 saturated carbocycles. The van der Waals surface area contributed by atoms with Crippen LogP contribution in [0.25, 0.3) is 0 Å². The Morgan fingerprint density at radius 3 is 1.72 bits per heavy atom. The van der Waals surface area contributed by atoms with Gasteiger partial charge in [0.25, 0.3) is 0 Å². The van der Waals surface area contributed by atoms with Gasteiger partial charge in [0.1, 0.15) is 23.3 Å². The molecule has 7 nitrogen and oxygen atoms in total. The van der Waals surface area contributed by atoms with Gasteiger partial charge in [0, 0.05) is 0 Å².